The highest BCUT2D eigenvalue weighted by atomic mass is 16.6. The summed E-state index contributed by atoms with van der Waals surface area (Å²) in [5, 5.41) is 10.9. The minimum Gasteiger partial charge on any atom is -0.324 e. The zero-order chi connectivity index (χ0) is 15.7. The van der Waals surface area contributed by atoms with Crippen molar-refractivity contribution >= 4 is 23.2 Å². The molecule has 2 aliphatic heterocycles. The van der Waals surface area contributed by atoms with Crippen LogP contribution in [-0.4, -0.2) is 35.9 Å². The van der Waals surface area contributed by atoms with Crippen LogP contribution in [0.25, 0.3) is 0 Å². The van der Waals surface area contributed by atoms with E-state index in [2.05, 4.69) is 0 Å². The third-order valence-electron chi connectivity index (χ3n) is 4.43. The summed E-state index contributed by atoms with van der Waals surface area (Å²) in [6.45, 7) is 1.82. The molecule has 1 atom stereocenters. The lowest BCUT2D eigenvalue weighted by atomic mass is 10.1. The van der Waals surface area contributed by atoms with Crippen LogP contribution >= 0.6 is 0 Å². The number of carbonyl (C=O) groups is 2. The van der Waals surface area contributed by atoms with Crippen molar-refractivity contribution in [1.29, 1.82) is 0 Å². The van der Waals surface area contributed by atoms with E-state index in [1.165, 1.54) is 24.6 Å². The van der Waals surface area contributed by atoms with Gasteiger partial charge in [0.05, 0.1) is 30.1 Å². The highest BCUT2D eigenvalue weighted by Crippen LogP contribution is 2.25. The predicted molar refractivity (Wildman–Crippen MR) is 78.5 cm³/mol. The SMILES string of the molecule is O=C1C[C@@H]([NH+]2CCCCC2)C(=O)N1c1cccc([N+](=O)[O-])c1. The number of non-ortho nitro benzene ring substituents is 1. The van der Waals surface area contributed by atoms with Gasteiger partial charge in [0.2, 0.25) is 5.91 Å². The van der Waals surface area contributed by atoms with Crippen LogP contribution in [0.1, 0.15) is 25.7 Å². The fourth-order valence-electron chi connectivity index (χ4n) is 3.32. The fourth-order valence-corrected chi connectivity index (χ4v) is 3.32. The Balaban J connectivity index is 1.85. The Labute approximate surface area is 127 Å². The minimum atomic E-state index is -0.526. The van der Waals surface area contributed by atoms with Gasteiger partial charge in [-0.3, -0.25) is 19.7 Å². The number of nitro groups is 1. The van der Waals surface area contributed by atoms with Crippen molar-refractivity contribution < 1.29 is 19.4 Å². The molecule has 2 fully saturated rings. The zero-order valence-electron chi connectivity index (χ0n) is 12.2. The summed E-state index contributed by atoms with van der Waals surface area (Å²) in [4.78, 5) is 37.5. The summed E-state index contributed by atoms with van der Waals surface area (Å²) in [6, 6.07) is 5.35. The van der Waals surface area contributed by atoms with Crippen LogP contribution in [0.15, 0.2) is 24.3 Å². The van der Waals surface area contributed by atoms with Crippen LogP contribution in [0, 0.1) is 10.1 Å². The Morgan fingerprint density at radius 2 is 1.91 bits per heavy atom. The number of nitro benzene ring substituents is 1. The molecule has 1 aromatic rings. The van der Waals surface area contributed by atoms with E-state index in [0.717, 1.165) is 35.7 Å². The molecular weight excluding hydrogens is 286 g/mol. The van der Waals surface area contributed by atoms with Gasteiger partial charge in [-0.1, -0.05) is 6.07 Å². The first-order valence-electron chi connectivity index (χ1n) is 7.54. The molecule has 0 aliphatic carbocycles. The summed E-state index contributed by atoms with van der Waals surface area (Å²) >= 11 is 0. The molecule has 1 aromatic carbocycles. The summed E-state index contributed by atoms with van der Waals surface area (Å²) in [5.74, 6) is -0.504. The molecular formula is C15H18N3O4+. The van der Waals surface area contributed by atoms with Crippen molar-refractivity contribution in [2.24, 2.45) is 0 Å². The maximum absolute atomic E-state index is 12.6. The summed E-state index contributed by atoms with van der Waals surface area (Å²) in [7, 11) is 0. The second kappa shape index (κ2) is 5.84. The van der Waals surface area contributed by atoms with E-state index in [1.807, 2.05) is 0 Å². The van der Waals surface area contributed by atoms with E-state index in [1.54, 1.807) is 6.07 Å². The predicted octanol–water partition coefficient (Wildman–Crippen LogP) is 0.296. The Morgan fingerprint density at radius 1 is 1.18 bits per heavy atom. The topological polar surface area (TPSA) is 85.0 Å². The molecule has 3 rings (SSSR count). The standard InChI is InChI=1S/C15H17N3O4/c19-14-10-13(16-7-2-1-3-8-16)15(20)17(14)11-5-4-6-12(9-11)18(21)22/h4-6,9,13H,1-3,7-8,10H2/p+1/t13-/m1/s1. The van der Waals surface area contributed by atoms with Gasteiger partial charge < -0.3 is 4.90 Å². The second-order valence-corrected chi connectivity index (χ2v) is 5.82. The normalized spacial score (nSPS) is 23.1. The van der Waals surface area contributed by atoms with Gasteiger partial charge in [-0.25, -0.2) is 4.90 Å². The van der Waals surface area contributed by atoms with Crippen LogP contribution in [0.2, 0.25) is 0 Å². The number of piperidine rings is 1. The Kier molecular flexibility index (Phi) is 3.89. The fraction of sp³-hybridized carbons (Fsp3) is 0.467. The molecule has 0 saturated carbocycles. The van der Waals surface area contributed by atoms with Crippen LogP contribution < -0.4 is 9.80 Å². The number of imide groups is 1. The molecule has 0 spiro atoms. The van der Waals surface area contributed by atoms with E-state index >= 15 is 0 Å². The molecule has 0 bridgehead atoms. The van der Waals surface area contributed by atoms with Crippen molar-refractivity contribution in [2.45, 2.75) is 31.7 Å². The number of amides is 2. The lowest BCUT2D eigenvalue weighted by Crippen LogP contribution is -3.17. The molecule has 1 N–H and O–H groups in total. The van der Waals surface area contributed by atoms with Gasteiger partial charge in [0.25, 0.3) is 11.6 Å². The molecule has 116 valence electrons. The lowest BCUT2D eigenvalue weighted by Gasteiger charge is -2.27. The average molecular weight is 304 g/mol. The third-order valence-corrected chi connectivity index (χ3v) is 4.43. The largest absolute Gasteiger partial charge is 0.324 e. The Hall–Kier alpha value is -2.28. The third kappa shape index (κ3) is 2.59. The highest BCUT2D eigenvalue weighted by Gasteiger charge is 2.46. The molecule has 2 aliphatic rings. The molecule has 7 heteroatoms. The highest BCUT2D eigenvalue weighted by molar-refractivity contribution is 6.22. The maximum Gasteiger partial charge on any atom is 0.292 e. The number of benzene rings is 1. The molecule has 0 radical (unpaired) electrons. The number of nitrogens with one attached hydrogen (secondary N) is 1. The molecule has 2 amide bonds. The number of likely N-dealkylation sites (tertiary alicyclic amines) is 1. The van der Waals surface area contributed by atoms with E-state index < -0.39 is 4.92 Å². The van der Waals surface area contributed by atoms with Gasteiger partial charge in [0, 0.05) is 12.1 Å². The molecule has 22 heavy (non-hydrogen) atoms. The first-order valence-corrected chi connectivity index (χ1v) is 7.54. The number of quaternary nitrogens is 1. The molecule has 2 saturated heterocycles. The Bertz CT molecular complexity index is 625. The smallest absolute Gasteiger partial charge is 0.292 e. The van der Waals surface area contributed by atoms with Gasteiger partial charge in [-0.2, -0.15) is 0 Å². The van der Waals surface area contributed by atoms with Crippen LogP contribution in [-0.2, 0) is 9.59 Å². The molecule has 0 aromatic heterocycles. The van der Waals surface area contributed by atoms with Gasteiger partial charge in [-0.15, -0.1) is 0 Å². The van der Waals surface area contributed by atoms with Crippen LogP contribution in [0.4, 0.5) is 11.4 Å². The lowest BCUT2D eigenvalue weighted by molar-refractivity contribution is -0.919. The van der Waals surface area contributed by atoms with E-state index in [9.17, 15) is 19.7 Å². The van der Waals surface area contributed by atoms with Gasteiger partial charge >= 0.3 is 0 Å². The van der Waals surface area contributed by atoms with E-state index in [0.29, 0.717) is 5.69 Å². The minimum absolute atomic E-state index is 0.119. The number of nitrogens with zero attached hydrogens (tertiary/aromatic N) is 2. The summed E-state index contributed by atoms with van der Waals surface area (Å²) in [6.07, 6.45) is 3.51. The summed E-state index contributed by atoms with van der Waals surface area (Å²) in [5.41, 5.74) is 0.176. The number of hydrogen-bond acceptors (Lipinski definition) is 4. The van der Waals surface area contributed by atoms with Crippen molar-refractivity contribution in [1.82, 2.24) is 0 Å². The number of rotatable bonds is 3. The van der Waals surface area contributed by atoms with Crippen LogP contribution in [0.3, 0.4) is 0 Å². The quantitative estimate of drug-likeness (QED) is 0.494. The van der Waals surface area contributed by atoms with Crippen molar-refractivity contribution in [3.05, 3.63) is 34.4 Å². The number of hydrogen-bond donors (Lipinski definition) is 1. The van der Waals surface area contributed by atoms with Crippen molar-refractivity contribution in [3.8, 4) is 0 Å². The van der Waals surface area contributed by atoms with Gasteiger partial charge in [-0.05, 0) is 25.3 Å². The van der Waals surface area contributed by atoms with Gasteiger partial charge in [0.15, 0.2) is 6.04 Å². The monoisotopic (exact) mass is 304 g/mol. The van der Waals surface area contributed by atoms with E-state index in [4.69, 9.17) is 0 Å². The number of carbonyl (C=O) groups excluding carboxylic acids is 2. The van der Waals surface area contributed by atoms with Crippen molar-refractivity contribution in [2.75, 3.05) is 18.0 Å². The second-order valence-electron chi connectivity index (χ2n) is 5.82. The number of anilines is 1. The zero-order valence-corrected chi connectivity index (χ0v) is 12.2. The maximum atomic E-state index is 12.6. The van der Waals surface area contributed by atoms with E-state index in [-0.39, 0.29) is 30.0 Å². The molecule has 7 nitrogen and oxygen atoms in total. The first kappa shape index (κ1) is 14.6. The molecule has 0 unspecified atom stereocenters. The van der Waals surface area contributed by atoms with Crippen molar-refractivity contribution in [3.63, 3.8) is 0 Å². The molecule has 2 heterocycles. The average Bonchev–Trinajstić information content (AvgIpc) is 2.83. The first-order chi connectivity index (χ1) is 10.6. The van der Waals surface area contributed by atoms with Crippen LogP contribution in [0.5, 0.6) is 0 Å². The van der Waals surface area contributed by atoms with Gasteiger partial charge in [0.1, 0.15) is 0 Å². The Morgan fingerprint density at radius 3 is 2.59 bits per heavy atom. The summed E-state index contributed by atoms with van der Waals surface area (Å²) < 4.78 is 0.